The second-order valence-corrected chi connectivity index (χ2v) is 5.09. The Morgan fingerprint density at radius 3 is 2.18 bits per heavy atom. The predicted octanol–water partition coefficient (Wildman–Crippen LogP) is 3.68. The van der Waals surface area contributed by atoms with Gasteiger partial charge in [-0.2, -0.15) is 0 Å². The lowest BCUT2D eigenvalue weighted by Crippen LogP contribution is -2.21. The van der Waals surface area contributed by atoms with Crippen molar-refractivity contribution in [3.63, 3.8) is 0 Å². The lowest BCUT2D eigenvalue weighted by molar-refractivity contribution is -0.132. The molecule has 22 heavy (non-hydrogen) atoms. The molecule has 0 aliphatic carbocycles. The monoisotopic (exact) mass is 317 g/mol. The molecule has 2 aromatic rings. The van der Waals surface area contributed by atoms with E-state index in [-0.39, 0.29) is 24.0 Å². The van der Waals surface area contributed by atoms with Gasteiger partial charge in [0.2, 0.25) is 0 Å². The van der Waals surface area contributed by atoms with Crippen molar-refractivity contribution in [2.24, 2.45) is 5.73 Å². The molecule has 0 saturated carbocycles. The Bertz CT molecular complexity index is 636. The van der Waals surface area contributed by atoms with Crippen molar-refractivity contribution in [3.8, 4) is 11.1 Å². The van der Waals surface area contributed by atoms with E-state index in [1.165, 1.54) is 5.56 Å². The highest BCUT2D eigenvalue weighted by atomic mass is 35.5. The molecule has 0 radical (unpaired) electrons. The molecule has 4 heteroatoms. The SMILES string of the molecule is CC(=CC(N)Cc1ccc(-c2ccccc2)cc1)C(=O)O.Cl. The molecule has 1 unspecified atom stereocenters. The van der Waals surface area contributed by atoms with Crippen LogP contribution in [-0.2, 0) is 11.2 Å². The van der Waals surface area contributed by atoms with Crippen LogP contribution in [0.15, 0.2) is 66.2 Å². The van der Waals surface area contributed by atoms with Gasteiger partial charge in [0.1, 0.15) is 0 Å². The lowest BCUT2D eigenvalue weighted by Gasteiger charge is -2.09. The minimum atomic E-state index is -0.926. The van der Waals surface area contributed by atoms with Gasteiger partial charge in [-0.15, -0.1) is 12.4 Å². The van der Waals surface area contributed by atoms with Crippen LogP contribution < -0.4 is 5.73 Å². The van der Waals surface area contributed by atoms with Gasteiger partial charge >= 0.3 is 5.97 Å². The highest BCUT2D eigenvalue weighted by molar-refractivity contribution is 5.86. The summed E-state index contributed by atoms with van der Waals surface area (Å²) in [4.78, 5) is 10.8. The van der Waals surface area contributed by atoms with E-state index in [4.69, 9.17) is 10.8 Å². The van der Waals surface area contributed by atoms with Gasteiger partial charge < -0.3 is 10.8 Å². The number of carboxylic acid groups (broad SMARTS) is 1. The van der Waals surface area contributed by atoms with E-state index >= 15 is 0 Å². The van der Waals surface area contributed by atoms with E-state index < -0.39 is 5.97 Å². The molecule has 0 bridgehead atoms. The normalized spacial score (nSPS) is 12.4. The summed E-state index contributed by atoms with van der Waals surface area (Å²) in [6, 6.07) is 18.1. The van der Waals surface area contributed by atoms with Crippen molar-refractivity contribution in [2.75, 3.05) is 0 Å². The van der Waals surface area contributed by atoms with Gasteiger partial charge in [0.15, 0.2) is 0 Å². The second-order valence-electron chi connectivity index (χ2n) is 5.09. The molecule has 0 aromatic heterocycles. The first kappa shape index (κ1) is 18.0. The van der Waals surface area contributed by atoms with Crippen LogP contribution in [0.25, 0.3) is 11.1 Å². The molecule has 0 spiro atoms. The standard InChI is InChI=1S/C18H19NO2.ClH/c1-13(18(20)21)11-17(19)12-14-7-9-16(10-8-14)15-5-3-2-4-6-15;/h2-11,17H,12,19H2,1H3,(H,20,21);1H. The number of carboxylic acids is 1. The van der Waals surface area contributed by atoms with Crippen molar-refractivity contribution >= 4 is 18.4 Å². The van der Waals surface area contributed by atoms with Gasteiger partial charge in [-0.25, -0.2) is 4.79 Å². The Balaban J connectivity index is 0.00000242. The number of carbonyl (C=O) groups is 1. The van der Waals surface area contributed by atoms with E-state index in [1.807, 2.05) is 30.3 Å². The molecule has 2 rings (SSSR count). The Morgan fingerprint density at radius 2 is 1.64 bits per heavy atom. The Kier molecular flexibility index (Phi) is 6.83. The number of hydrogen-bond acceptors (Lipinski definition) is 2. The van der Waals surface area contributed by atoms with Crippen LogP contribution >= 0.6 is 12.4 Å². The van der Waals surface area contributed by atoms with Crippen molar-refractivity contribution in [3.05, 3.63) is 71.8 Å². The molecule has 0 aliphatic rings. The van der Waals surface area contributed by atoms with Crippen LogP contribution in [0, 0.1) is 0 Å². The summed E-state index contributed by atoms with van der Waals surface area (Å²) in [5.41, 5.74) is 9.66. The van der Waals surface area contributed by atoms with Crippen LogP contribution in [0.3, 0.4) is 0 Å². The number of halogens is 1. The van der Waals surface area contributed by atoms with E-state index in [0.717, 1.165) is 11.1 Å². The predicted molar refractivity (Wildman–Crippen MR) is 92.2 cm³/mol. The van der Waals surface area contributed by atoms with Gasteiger partial charge in [0.25, 0.3) is 0 Å². The average molecular weight is 318 g/mol. The van der Waals surface area contributed by atoms with Crippen LogP contribution in [0.2, 0.25) is 0 Å². The fourth-order valence-electron chi connectivity index (χ4n) is 2.19. The zero-order chi connectivity index (χ0) is 15.2. The second kappa shape index (κ2) is 8.37. The van der Waals surface area contributed by atoms with Crippen molar-refractivity contribution in [2.45, 2.75) is 19.4 Å². The van der Waals surface area contributed by atoms with Gasteiger partial charge in [-0.3, -0.25) is 0 Å². The molecule has 2 aromatic carbocycles. The highest BCUT2D eigenvalue weighted by Gasteiger charge is 2.06. The molecule has 0 fully saturated rings. The van der Waals surface area contributed by atoms with E-state index in [0.29, 0.717) is 6.42 Å². The quantitative estimate of drug-likeness (QED) is 0.827. The highest BCUT2D eigenvalue weighted by Crippen LogP contribution is 2.19. The maximum absolute atomic E-state index is 10.8. The Labute approximate surface area is 136 Å². The first-order valence-electron chi connectivity index (χ1n) is 6.88. The maximum Gasteiger partial charge on any atom is 0.331 e. The number of aliphatic carboxylic acids is 1. The third-order valence-electron chi connectivity index (χ3n) is 3.33. The summed E-state index contributed by atoms with van der Waals surface area (Å²) in [6.07, 6.45) is 2.22. The average Bonchev–Trinajstić information content (AvgIpc) is 2.48. The number of nitrogens with two attached hydrogens (primary N) is 1. The largest absolute Gasteiger partial charge is 0.478 e. The van der Waals surface area contributed by atoms with Crippen molar-refractivity contribution in [1.82, 2.24) is 0 Å². The first-order chi connectivity index (χ1) is 10.1. The van der Waals surface area contributed by atoms with Crippen LogP contribution in [0.4, 0.5) is 0 Å². The van der Waals surface area contributed by atoms with Gasteiger partial charge in [-0.1, -0.05) is 60.7 Å². The zero-order valence-corrected chi connectivity index (χ0v) is 13.2. The summed E-state index contributed by atoms with van der Waals surface area (Å²) in [6.45, 7) is 1.56. The van der Waals surface area contributed by atoms with Crippen LogP contribution in [0.1, 0.15) is 12.5 Å². The molecule has 0 aliphatic heterocycles. The molecule has 3 N–H and O–H groups in total. The van der Waals surface area contributed by atoms with Gasteiger partial charge in [0, 0.05) is 11.6 Å². The molecule has 0 heterocycles. The van der Waals surface area contributed by atoms with Crippen molar-refractivity contribution < 1.29 is 9.90 Å². The number of benzene rings is 2. The Hall–Kier alpha value is -2.10. The molecule has 1 atom stereocenters. The fourth-order valence-corrected chi connectivity index (χ4v) is 2.19. The molecular weight excluding hydrogens is 298 g/mol. The molecule has 0 amide bonds. The molecule has 3 nitrogen and oxygen atoms in total. The minimum absolute atomic E-state index is 0. The number of hydrogen-bond donors (Lipinski definition) is 2. The van der Waals surface area contributed by atoms with Crippen LogP contribution in [0.5, 0.6) is 0 Å². The summed E-state index contributed by atoms with van der Waals surface area (Å²) in [5, 5.41) is 8.84. The summed E-state index contributed by atoms with van der Waals surface area (Å²) in [7, 11) is 0. The maximum atomic E-state index is 10.8. The van der Waals surface area contributed by atoms with Gasteiger partial charge in [-0.05, 0) is 30.0 Å². The minimum Gasteiger partial charge on any atom is -0.478 e. The van der Waals surface area contributed by atoms with Crippen LogP contribution in [-0.4, -0.2) is 17.1 Å². The van der Waals surface area contributed by atoms with Crippen molar-refractivity contribution in [1.29, 1.82) is 0 Å². The molecular formula is C18H20ClNO2. The summed E-state index contributed by atoms with van der Waals surface area (Å²) >= 11 is 0. The lowest BCUT2D eigenvalue weighted by atomic mass is 10.00. The smallest absolute Gasteiger partial charge is 0.331 e. The molecule has 0 saturated heterocycles. The third-order valence-corrected chi connectivity index (χ3v) is 3.33. The third kappa shape index (κ3) is 5.02. The summed E-state index contributed by atoms with van der Waals surface area (Å²) < 4.78 is 0. The zero-order valence-electron chi connectivity index (χ0n) is 12.4. The van der Waals surface area contributed by atoms with E-state index in [9.17, 15) is 4.79 Å². The topological polar surface area (TPSA) is 63.3 Å². The number of rotatable bonds is 5. The Morgan fingerprint density at radius 1 is 1.09 bits per heavy atom. The summed E-state index contributed by atoms with van der Waals surface area (Å²) in [5.74, 6) is -0.926. The van der Waals surface area contributed by atoms with E-state index in [1.54, 1.807) is 13.0 Å². The van der Waals surface area contributed by atoms with E-state index in [2.05, 4.69) is 24.3 Å². The first-order valence-corrected chi connectivity index (χ1v) is 6.88. The molecule has 116 valence electrons. The van der Waals surface area contributed by atoms with Gasteiger partial charge in [0.05, 0.1) is 0 Å². The fraction of sp³-hybridized carbons (Fsp3) is 0.167.